The Morgan fingerprint density at radius 1 is 1.12 bits per heavy atom. The molecule has 3 saturated carbocycles. The number of carbonyl (C=O) groups excluding carboxylic acids is 3. The Hall–Kier alpha value is -0.770. The number of carbonyl (C=O) groups is 3. The van der Waals surface area contributed by atoms with Gasteiger partial charge in [-0.2, -0.15) is 0 Å². The molecular weight excluding hydrogens is 368 g/mol. The van der Waals surface area contributed by atoms with Crippen LogP contribution in [0.5, 0.6) is 0 Å². The number of Topliss-reactive ketones (excluding diaryl/α,β-unsaturated/α-hetero) is 2. The van der Waals surface area contributed by atoms with Crippen molar-refractivity contribution in [2.24, 2.45) is 28.6 Å². The maximum Gasteiger partial charge on any atom is 0.155 e. The molecule has 24 heavy (non-hydrogen) atoms. The third kappa shape index (κ3) is 2.04. The predicted octanol–water partition coefficient (Wildman–Crippen LogP) is 4.03. The molecule has 0 heterocycles. The van der Waals surface area contributed by atoms with E-state index in [1.807, 2.05) is 0 Å². The van der Waals surface area contributed by atoms with Gasteiger partial charge >= 0.3 is 0 Å². The lowest BCUT2D eigenvalue weighted by molar-refractivity contribution is -0.140. The van der Waals surface area contributed by atoms with E-state index >= 15 is 0 Å². The summed E-state index contributed by atoms with van der Waals surface area (Å²) in [7, 11) is 0. The van der Waals surface area contributed by atoms with E-state index in [1.54, 1.807) is 6.08 Å². The summed E-state index contributed by atoms with van der Waals surface area (Å²) >= 11 is 3.40. The summed E-state index contributed by atoms with van der Waals surface area (Å²) in [5, 5.41) is 0.364. The minimum Gasteiger partial charge on any atom is -0.299 e. The van der Waals surface area contributed by atoms with Crippen molar-refractivity contribution >= 4 is 33.3 Å². The molecule has 4 rings (SSSR count). The first-order valence-corrected chi connectivity index (χ1v) is 10.4. The lowest BCUT2D eigenvalue weighted by atomic mass is 9.46. The highest BCUT2D eigenvalue weighted by atomic mass is 79.9. The minimum absolute atomic E-state index is 0.161. The van der Waals surface area contributed by atoms with Crippen molar-refractivity contribution in [3.8, 4) is 0 Å². The van der Waals surface area contributed by atoms with Crippen LogP contribution in [0.1, 0.15) is 58.3 Å². The van der Waals surface area contributed by atoms with Crippen molar-refractivity contribution in [3.05, 3.63) is 11.6 Å². The summed E-state index contributed by atoms with van der Waals surface area (Å²) in [6.07, 6.45) is 8.42. The molecule has 0 aliphatic heterocycles. The topological polar surface area (TPSA) is 51.2 Å². The minimum atomic E-state index is -0.437. The molecule has 0 N–H and O–H groups in total. The Bertz CT molecular complexity index is 651. The van der Waals surface area contributed by atoms with Crippen LogP contribution in [0.2, 0.25) is 0 Å². The molecule has 0 bridgehead atoms. The van der Waals surface area contributed by atoms with E-state index in [1.165, 1.54) is 0 Å². The fraction of sp³-hybridized carbons (Fsp3) is 0.750. The highest BCUT2D eigenvalue weighted by molar-refractivity contribution is 9.09. The van der Waals surface area contributed by atoms with Crippen LogP contribution in [-0.4, -0.2) is 22.7 Å². The molecule has 0 unspecified atom stereocenters. The first-order chi connectivity index (χ1) is 11.4. The lowest BCUT2D eigenvalue weighted by Crippen LogP contribution is -2.55. The van der Waals surface area contributed by atoms with Crippen molar-refractivity contribution in [2.75, 3.05) is 5.33 Å². The van der Waals surface area contributed by atoms with Crippen molar-refractivity contribution in [3.63, 3.8) is 0 Å². The van der Waals surface area contributed by atoms with E-state index in [2.05, 4.69) is 22.9 Å². The normalized spacial score (nSPS) is 44.4. The van der Waals surface area contributed by atoms with Gasteiger partial charge in [-0.3, -0.25) is 14.4 Å². The van der Waals surface area contributed by atoms with Gasteiger partial charge < -0.3 is 0 Å². The second kappa shape index (κ2) is 5.62. The standard InChI is InChI=1S/C20H25BrO3/c1-19-8-7-16-14(15(19)4-5-17(19)23)3-2-12-10-13(22)6-9-20(12,16)18(24)11-21/h10,14-16H,2-9,11H2,1H3/t14-,15-,16-,19-,20+/m0/s1. The van der Waals surface area contributed by atoms with E-state index in [4.69, 9.17) is 0 Å². The van der Waals surface area contributed by atoms with Crippen LogP contribution in [0, 0.1) is 28.6 Å². The van der Waals surface area contributed by atoms with E-state index in [0.717, 1.165) is 37.7 Å². The van der Waals surface area contributed by atoms with E-state index in [0.29, 0.717) is 48.1 Å². The van der Waals surface area contributed by atoms with E-state index in [9.17, 15) is 14.4 Å². The molecule has 3 nitrogen and oxygen atoms in total. The summed E-state index contributed by atoms with van der Waals surface area (Å²) < 4.78 is 0. The summed E-state index contributed by atoms with van der Waals surface area (Å²) in [4.78, 5) is 37.5. The lowest BCUT2D eigenvalue weighted by Gasteiger charge is -2.57. The average molecular weight is 393 g/mol. The van der Waals surface area contributed by atoms with Gasteiger partial charge in [-0.15, -0.1) is 0 Å². The van der Waals surface area contributed by atoms with Crippen molar-refractivity contribution < 1.29 is 14.4 Å². The Morgan fingerprint density at radius 2 is 1.92 bits per heavy atom. The average Bonchev–Trinajstić information content (AvgIpc) is 2.89. The highest BCUT2D eigenvalue weighted by Gasteiger charge is 2.61. The number of rotatable bonds is 2. The summed E-state index contributed by atoms with van der Waals surface area (Å²) in [6.45, 7) is 2.16. The van der Waals surface area contributed by atoms with Crippen molar-refractivity contribution in [1.29, 1.82) is 0 Å². The summed E-state index contributed by atoms with van der Waals surface area (Å²) in [6, 6.07) is 0. The van der Waals surface area contributed by atoms with Crippen LogP contribution in [-0.2, 0) is 14.4 Å². The molecule has 4 aliphatic carbocycles. The van der Waals surface area contributed by atoms with Gasteiger partial charge in [-0.25, -0.2) is 0 Å². The molecule has 5 atom stereocenters. The molecule has 0 spiro atoms. The first kappa shape index (κ1) is 16.7. The molecule has 4 heteroatoms. The first-order valence-electron chi connectivity index (χ1n) is 9.30. The van der Waals surface area contributed by atoms with E-state index in [-0.39, 0.29) is 17.0 Å². The molecule has 3 fully saturated rings. The maximum atomic E-state index is 13.1. The Labute approximate surface area is 151 Å². The Balaban J connectivity index is 1.78. The van der Waals surface area contributed by atoms with Gasteiger partial charge in [-0.05, 0) is 62.4 Å². The molecule has 130 valence electrons. The Kier molecular flexibility index (Phi) is 3.91. The van der Waals surface area contributed by atoms with Gasteiger partial charge in [0.05, 0.1) is 10.7 Å². The molecule has 0 aromatic heterocycles. The zero-order valence-electron chi connectivity index (χ0n) is 14.3. The van der Waals surface area contributed by atoms with Gasteiger partial charge in [0, 0.05) is 18.3 Å². The molecule has 0 radical (unpaired) electrons. The monoisotopic (exact) mass is 392 g/mol. The Morgan fingerprint density at radius 3 is 2.67 bits per heavy atom. The summed E-state index contributed by atoms with van der Waals surface area (Å²) in [5.41, 5.74) is 0.496. The van der Waals surface area contributed by atoms with Gasteiger partial charge in [0.25, 0.3) is 0 Å². The van der Waals surface area contributed by atoms with Gasteiger partial charge in [0.1, 0.15) is 5.78 Å². The zero-order valence-corrected chi connectivity index (χ0v) is 15.9. The van der Waals surface area contributed by atoms with Crippen LogP contribution >= 0.6 is 15.9 Å². The van der Waals surface area contributed by atoms with Crippen molar-refractivity contribution in [2.45, 2.75) is 58.3 Å². The second-order valence-electron chi connectivity index (χ2n) is 8.50. The van der Waals surface area contributed by atoms with Crippen molar-refractivity contribution in [1.82, 2.24) is 0 Å². The third-order valence-electron chi connectivity index (χ3n) is 7.82. The zero-order chi connectivity index (χ0) is 17.1. The molecular formula is C20H25BrO3. The molecule has 0 amide bonds. The molecule has 0 aromatic rings. The van der Waals surface area contributed by atoms with Gasteiger partial charge in [0.2, 0.25) is 0 Å². The van der Waals surface area contributed by atoms with Crippen LogP contribution in [0.3, 0.4) is 0 Å². The number of fused-ring (bicyclic) bond motifs is 5. The highest BCUT2D eigenvalue weighted by Crippen LogP contribution is 2.64. The fourth-order valence-electron chi connectivity index (χ4n) is 6.63. The van der Waals surface area contributed by atoms with E-state index < -0.39 is 5.41 Å². The van der Waals surface area contributed by atoms with Crippen LogP contribution < -0.4 is 0 Å². The fourth-order valence-corrected chi connectivity index (χ4v) is 7.13. The number of hydrogen-bond acceptors (Lipinski definition) is 3. The molecule has 4 aliphatic rings. The van der Waals surface area contributed by atoms with Crippen LogP contribution in [0.4, 0.5) is 0 Å². The summed E-state index contributed by atoms with van der Waals surface area (Å²) in [5.74, 6) is 2.08. The number of ketones is 3. The number of allylic oxidation sites excluding steroid dienone is 1. The van der Waals surface area contributed by atoms with Gasteiger partial charge in [0.15, 0.2) is 11.6 Å². The molecule has 0 aromatic carbocycles. The second-order valence-corrected chi connectivity index (χ2v) is 9.06. The largest absolute Gasteiger partial charge is 0.299 e. The van der Waals surface area contributed by atoms with Crippen LogP contribution in [0.15, 0.2) is 11.6 Å². The number of halogens is 1. The smallest absolute Gasteiger partial charge is 0.155 e. The quantitative estimate of drug-likeness (QED) is 0.666. The predicted molar refractivity (Wildman–Crippen MR) is 94.8 cm³/mol. The number of alkyl halides is 1. The molecule has 0 saturated heterocycles. The van der Waals surface area contributed by atoms with Crippen LogP contribution in [0.25, 0.3) is 0 Å². The number of hydrogen-bond donors (Lipinski definition) is 0. The third-order valence-corrected chi connectivity index (χ3v) is 8.33. The maximum absolute atomic E-state index is 13.1. The SMILES string of the molecule is C[C@]12CC[C@H]3[C@@H](CCC4=CC(=O)CC[C@@]43C(=O)CBr)[C@@H]1CCC2=O. The van der Waals surface area contributed by atoms with Gasteiger partial charge in [-0.1, -0.05) is 28.4 Å².